The summed E-state index contributed by atoms with van der Waals surface area (Å²) in [5.41, 5.74) is 1.32. The minimum Gasteiger partial charge on any atom is -0.493 e. The van der Waals surface area contributed by atoms with Crippen LogP contribution in [0.3, 0.4) is 0 Å². The predicted molar refractivity (Wildman–Crippen MR) is 86.1 cm³/mol. The van der Waals surface area contributed by atoms with Crippen molar-refractivity contribution in [3.8, 4) is 5.75 Å². The van der Waals surface area contributed by atoms with Crippen molar-refractivity contribution in [1.29, 1.82) is 0 Å². The number of nitro groups is 1. The number of methoxy groups -OCH3 is 1. The molecule has 0 spiro atoms. The molecule has 2 aromatic carbocycles. The second-order valence-corrected chi connectivity index (χ2v) is 5.50. The van der Waals surface area contributed by atoms with Gasteiger partial charge < -0.3 is 10.1 Å². The summed E-state index contributed by atoms with van der Waals surface area (Å²) in [7, 11) is 1.55. The normalized spacial score (nSPS) is 10.2. The highest BCUT2D eigenvalue weighted by Crippen LogP contribution is 2.36. The Morgan fingerprint density at radius 2 is 2.10 bits per heavy atom. The molecule has 0 saturated carbocycles. The van der Waals surface area contributed by atoms with Crippen molar-refractivity contribution in [2.24, 2.45) is 0 Å². The monoisotopic (exact) mass is 370 g/mol. The summed E-state index contributed by atoms with van der Waals surface area (Å²) in [6, 6.07) is 10.0. The van der Waals surface area contributed by atoms with Crippen molar-refractivity contribution in [3.63, 3.8) is 0 Å². The Balaban J connectivity index is 2.27. The van der Waals surface area contributed by atoms with Gasteiger partial charge in [0.2, 0.25) is 0 Å². The van der Waals surface area contributed by atoms with Crippen molar-refractivity contribution in [3.05, 3.63) is 61.6 Å². The van der Waals surface area contributed by atoms with Crippen molar-refractivity contribution in [2.75, 3.05) is 12.4 Å². The lowest BCUT2D eigenvalue weighted by molar-refractivity contribution is -0.385. The maximum atomic E-state index is 11.0. The quantitative estimate of drug-likeness (QED) is 0.614. The molecule has 2 aromatic rings. The van der Waals surface area contributed by atoms with E-state index in [0.29, 0.717) is 33.0 Å². The van der Waals surface area contributed by atoms with Crippen LogP contribution in [0.4, 0.5) is 11.4 Å². The number of hydrogen-bond acceptors (Lipinski definition) is 4. The van der Waals surface area contributed by atoms with E-state index in [4.69, 9.17) is 16.3 Å². The molecule has 1 N–H and O–H groups in total. The molecule has 0 amide bonds. The van der Waals surface area contributed by atoms with E-state index in [9.17, 15) is 10.1 Å². The van der Waals surface area contributed by atoms with Crippen molar-refractivity contribution >= 4 is 38.9 Å². The molecule has 21 heavy (non-hydrogen) atoms. The fourth-order valence-corrected chi connectivity index (χ4v) is 2.90. The highest BCUT2D eigenvalue weighted by molar-refractivity contribution is 9.10. The predicted octanol–water partition coefficient (Wildman–Crippen LogP) is 4.63. The Bertz CT molecular complexity index is 679. The Morgan fingerprint density at radius 3 is 2.76 bits per heavy atom. The van der Waals surface area contributed by atoms with Crippen molar-refractivity contribution < 1.29 is 9.66 Å². The standard InChI is InChI=1S/C14H12BrClN2O3/c1-21-14-11(15)6-10(16)7-12(14)17-8-9-4-2-3-5-13(9)18(19)20/h2-7,17H,8H2,1H3. The van der Waals surface area contributed by atoms with E-state index in [1.165, 1.54) is 6.07 Å². The summed E-state index contributed by atoms with van der Waals surface area (Å²) in [5, 5.41) is 14.6. The largest absolute Gasteiger partial charge is 0.493 e. The lowest BCUT2D eigenvalue weighted by Gasteiger charge is -2.13. The molecule has 0 fully saturated rings. The highest BCUT2D eigenvalue weighted by atomic mass is 79.9. The number of rotatable bonds is 5. The minimum absolute atomic E-state index is 0.0741. The Kier molecular flexibility index (Phi) is 5.03. The first-order chi connectivity index (χ1) is 10.0. The first-order valence-electron chi connectivity index (χ1n) is 6.02. The van der Waals surface area contributed by atoms with Crippen LogP contribution in [0.25, 0.3) is 0 Å². The van der Waals surface area contributed by atoms with Gasteiger partial charge in [-0.1, -0.05) is 29.8 Å². The zero-order chi connectivity index (χ0) is 15.4. The molecule has 110 valence electrons. The smallest absolute Gasteiger partial charge is 0.274 e. The van der Waals surface area contributed by atoms with E-state index in [0.717, 1.165) is 0 Å². The number of nitrogens with zero attached hydrogens (tertiary/aromatic N) is 1. The third kappa shape index (κ3) is 3.65. The average molecular weight is 372 g/mol. The van der Waals surface area contributed by atoms with Crippen LogP contribution in [0.15, 0.2) is 40.9 Å². The second kappa shape index (κ2) is 6.78. The molecule has 0 bridgehead atoms. The number of benzene rings is 2. The third-order valence-corrected chi connectivity index (χ3v) is 3.68. The van der Waals surface area contributed by atoms with Crippen molar-refractivity contribution in [2.45, 2.75) is 6.54 Å². The van der Waals surface area contributed by atoms with Gasteiger partial charge in [-0.15, -0.1) is 0 Å². The molecule has 0 aliphatic carbocycles. The fourth-order valence-electron chi connectivity index (χ4n) is 1.93. The molecule has 0 aliphatic rings. The zero-order valence-electron chi connectivity index (χ0n) is 11.1. The van der Waals surface area contributed by atoms with Crippen LogP contribution in [0.2, 0.25) is 5.02 Å². The van der Waals surface area contributed by atoms with E-state index in [2.05, 4.69) is 21.2 Å². The maximum Gasteiger partial charge on any atom is 0.274 e. The SMILES string of the molecule is COc1c(Br)cc(Cl)cc1NCc1ccccc1[N+](=O)[O-]. The fraction of sp³-hybridized carbons (Fsp3) is 0.143. The molecule has 0 aromatic heterocycles. The van der Waals surface area contributed by atoms with Crippen LogP contribution in [0.5, 0.6) is 5.75 Å². The molecule has 0 atom stereocenters. The third-order valence-electron chi connectivity index (χ3n) is 2.87. The van der Waals surface area contributed by atoms with Crippen LogP contribution in [-0.2, 0) is 6.54 Å². The molecule has 7 heteroatoms. The number of ether oxygens (including phenoxy) is 1. The number of halogens is 2. The number of hydrogen-bond donors (Lipinski definition) is 1. The minimum atomic E-state index is -0.401. The van der Waals surface area contributed by atoms with Crippen LogP contribution < -0.4 is 10.1 Å². The van der Waals surface area contributed by atoms with Gasteiger partial charge in [-0.05, 0) is 28.1 Å². The summed E-state index contributed by atoms with van der Waals surface area (Å²) < 4.78 is 6.01. The molecule has 0 aliphatic heterocycles. The number of anilines is 1. The van der Waals surface area contributed by atoms with Gasteiger partial charge in [0.05, 0.1) is 22.2 Å². The van der Waals surface area contributed by atoms with Crippen LogP contribution in [0.1, 0.15) is 5.56 Å². The Morgan fingerprint density at radius 1 is 1.38 bits per heavy atom. The summed E-state index contributed by atoms with van der Waals surface area (Å²) in [6.07, 6.45) is 0. The molecule has 0 unspecified atom stereocenters. The Labute approximate surface area is 135 Å². The summed E-state index contributed by atoms with van der Waals surface area (Å²) >= 11 is 9.37. The van der Waals surface area contributed by atoms with Crippen molar-refractivity contribution in [1.82, 2.24) is 0 Å². The van der Waals surface area contributed by atoms with Gasteiger partial charge in [-0.25, -0.2) is 0 Å². The van der Waals surface area contributed by atoms with Gasteiger partial charge in [0.25, 0.3) is 5.69 Å². The van der Waals surface area contributed by atoms with E-state index in [1.54, 1.807) is 37.4 Å². The first kappa shape index (κ1) is 15.6. The lowest BCUT2D eigenvalue weighted by Crippen LogP contribution is -2.04. The molecular formula is C14H12BrClN2O3. The van der Waals surface area contributed by atoms with Gasteiger partial charge in [0.1, 0.15) is 0 Å². The van der Waals surface area contributed by atoms with E-state index in [-0.39, 0.29) is 5.69 Å². The van der Waals surface area contributed by atoms with Gasteiger partial charge in [-0.2, -0.15) is 0 Å². The highest BCUT2D eigenvalue weighted by Gasteiger charge is 2.14. The molecule has 2 rings (SSSR count). The summed E-state index contributed by atoms with van der Waals surface area (Å²) in [5.74, 6) is 0.595. The molecular weight excluding hydrogens is 360 g/mol. The van der Waals surface area contributed by atoms with Crippen LogP contribution >= 0.6 is 27.5 Å². The Hall–Kier alpha value is -1.79. The topological polar surface area (TPSA) is 64.4 Å². The summed E-state index contributed by atoms with van der Waals surface area (Å²) in [6.45, 7) is 0.292. The molecule has 5 nitrogen and oxygen atoms in total. The molecule has 0 heterocycles. The zero-order valence-corrected chi connectivity index (χ0v) is 13.4. The molecule has 0 saturated heterocycles. The lowest BCUT2D eigenvalue weighted by atomic mass is 10.1. The summed E-state index contributed by atoms with van der Waals surface area (Å²) in [4.78, 5) is 10.6. The second-order valence-electron chi connectivity index (χ2n) is 4.21. The van der Waals surface area contributed by atoms with Crippen LogP contribution in [-0.4, -0.2) is 12.0 Å². The van der Waals surface area contributed by atoms with E-state index < -0.39 is 4.92 Å². The van der Waals surface area contributed by atoms with Gasteiger partial charge in [-0.3, -0.25) is 10.1 Å². The van der Waals surface area contributed by atoms with Gasteiger partial charge >= 0.3 is 0 Å². The van der Waals surface area contributed by atoms with E-state index >= 15 is 0 Å². The van der Waals surface area contributed by atoms with Gasteiger partial charge in [0.15, 0.2) is 5.75 Å². The van der Waals surface area contributed by atoms with E-state index in [1.807, 2.05) is 0 Å². The van der Waals surface area contributed by atoms with Crippen LogP contribution in [0, 0.1) is 10.1 Å². The maximum absolute atomic E-state index is 11.0. The van der Waals surface area contributed by atoms with Gasteiger partial charge in [0, 0.05) is 23.2 Å². The number of nitro benzene ring substituents is 1. The molecule has 0 radical (unpaired) electrons. The first-order valence-corrected chi connectivity index (χ1v) is 7.19. The number of para-hydroxylation sites is 1. The average Bonchev–Trinajstić information content (AvgIpc) is 2.44. The number of nitrogens with one attached hydrogen (secondary N) is 1.